The van der Waals surface area contributed by atoms with Crippen molar-refractivity contribution in [1.82, 2.24) is 0 Å². The van der Waals surface area contributed by atoms with Crippen LogP contribution in [0, 0.1) is 0 Å². The Hall–Kier alpha value is -3.48. The Labute approximate surface area is 190 Å². The van der Waals surface area contributed by atoms with E-state index in [4.69, 9.17) is 4.74 Å². The predicted octanol–water partition coefficient (Wildman–Crippen LogP) is 5.36. The monoisotopic (exact) mass is 438 g/mol. The molecule has 0 saturated heterocycles. The number of ether oxygens (including phenoxy) is 1. The van der Waals surface area contributed by atoms with E-state index in [0.717, 1.165) is 5.56 Å². The van der Waals surface area contributed by atoms with E-state index in [0.29, 0.717) is 6.61 Å². The summed E-state index contributed by atoms with van der Waals surface area (Å²) in [4.78, 5) is 12.5. The van der Waals surface area contributed by atoms with Crippen molar-refractivity contribution in [1.29, 1.82) is 0 Å². The SMILES string of the molecule is O=C(CC=C[PH](c1ccccc1)(c1ccccc1)c1ccccc1)OCc1ccccc1. The van der Waals surface area contributed by atoms with Gasteiger partial charge in [-0.25, -0.2) is 0 Å². The van der Waals surface area contributed by atoms with Gasteiger partial charge in [-0.2, -0.15) is 0 Å². The Bertz CT molecular complexity index is 1040. The van der Waals surface area contributed by atoms with Crippen molar-refractivity contribution in [3.63, 3.8) is 0 Å². The van der Waals surface area contributed by atoms with Gasteiger partial charge in [0.25, 0.3) is 0 Å². The number of carbonyl (C=O) groups excluding carboxylic acids is 1. The molecule has 0 aliphatic carbocycles. The van der Waals surface area contributed by atoms with Crippen LogP contribution in [0.15, 0.2) is 133 Å². The number of esters is 1. The molecular weight excluding hydrogens is 411 g/mol. The van der Waals surface area contributed by atoms with Crippen molar-refractivity contribution in [3.05, 3.63) is 139 Å². The maximum absolute atomic E-state index is 12.5. The van der Waals surface area contributed by atoms with Crippen molar-refractivity contribution < 1.29 is 9.53 Å². The molecular formula is C29H27O2P. The molecule has 0 aliphatic heterocycles. The van der Waals surface area contributed by atoms with Crippen LogP contribution in [0.1, 0.15) is 12.0 Å². The van der Waals surface area contributed by atoms with E-state index in [1.807, 2.05) is 54.6 Å². The van der Waals surface area contributed by atoms with Crippen LogP contribution in [0.5, 0.6) is 0 Å². The molecule has 4 aromatic rings. The molecule has 0 unspecified atom stereocenters. The maximum atomic E-state index is 12.5. The Kier molecular flexibility index (Phi) is 7.27. The average molecular weight is 439 g/mol. The molecule has 160 valence electrons. The standard InChI is InChI=1S/C29H27O2P/c30-29(31-24-25-14-5-1-6-15-25)22-13-23-32(26-16-7-2-8-17-26,27-18-9-3-10-19-27)28-20-11-4-12-21-28/h1-21,23,32H,22,24H2. The third-order valence-electron chi connectivity index (χ3n) is 5.58. The number of hydrogen-bond acceptors (Lipinski definition) is 2. The first-order chi connectivity index (χ1) is 15.8. The molecule has 4 aromatic carbocycles. The van der Waals surface area contributed by atoms with Gasteiger partial charge in [-0.1, -0.05) is 0 Å². The van der Waals surface area contributed by atoms with Crippen LogP contribution >= 0.6 is 7.26 Å². The molecule has 0 fully saturated rings. The molecule has 0 aromatic heterocycles. The summed E-state index contributed by atoms with van der Waals surface area (Å²) in [5.41, 5.74) is 0.992. The Morgan fingerprint density at radius 3 is 1.47 bits per heavy atom. The van der Waals surface area contributed by atoms with Gasteiger partial charge in [-0.15, -0.1) is 0 Å². The summed E-state index contributed by atoms with van der Waals surface area (Å²) in [5.74, 6) is 2.05. The van der Waals surface area contributed by atoms with E-state index >= 15 is 0 Å². The zero-order chi connectivity index (χ0) is 22.1. The van der Waals surface area contributed by atoms with Crippen LogP contribution in [-0.2, 0) is 16.1 Å². The van der Waals surface area contributed by atoms with Gasteiger partial charge < -0.3 is 0 Å². The van der Waals surface area contributed by atoms with Crippen LogP contribution in [-0.4, -0.2) is 5.97 Å². The summed E-state index contributed by atoms with van der Waals surface area (Å²) < 4.78 is 5.49. The first-order valence-electron chi connectivity index (χ1n) is 10.8. The molecule has 3 heteroatoms. The number of hydrogen-bond donors (Lipinski definition) is 0. The van der Waals surface area contributed by atoms with E-state index in [1.54, 1.807) is 0 Å². The predicted molar refractivity (Wildman–Crippen MR) is 137 cm³/mol. The van der Waals surface area contributed by atoms with Gasteiger partial charge in [-0.3, -0.25) is 0 Å². The molecule has 4 rings (SSSR count). The molecule has 0 atom stereocenters. The topological polar surface area (TPSA) is 26.3 Å². The molecule has 0 bridgehead atoms. The summed E-state index contributed by atoms with van der Waals surface area (Å²) in [7, 11) is -2.47. The molecule has 0 spiro atoms. The van der Waals surface area contributed by atoms with Crippen molar-refractivity contribution in [3.8, 4) is 0 Å². The van der Waals surface area contributed by atoms with Crippen LogP contribution in [0.2, 0.25) is 0 Å². The second-order valence-corrected chi connectivity index (χ2v) is 11.3. The Morgan fingerprint density at radius 2 is 1.03 bits per heavy atom. The van der Waals surface area contributed by atoms with E-state index in [1.165, 1.54) is 15.9 Å². The molecule has 2 nitrogen and oxygen atoms in total. The Balaban J connectivity index is 1.66. The first-order valence-corrected chi connectivity index (χ1v) is 12.9. The van der Waals surface area contributed by atoms with E-state index < -0.39 is 7.26 Å². The third kappa shape index (κ3) is 5.04. The zero-order valence-corrected chi connectivity index (χ0v) is 18.9. The fourth-order valence-corrected chi connectivity index (χ4v) is 8.22. The van der Waals surface area contributed by atoms with Gasteiger partial charge in [0.05, 0.1) is 0 Å². The van der Waals surface area contributed by atoms with Crippen molar-refractivity contribution in [2.45, 2.75) is 13.0 Å². The van der Waals surface area contributed by atoms with Crippen LogP contribution in [0.25, 0.3) is 0 Å². The fraction of sp³-hybridized carbons (Fsp3) is 0.0690. The summed E-state index contributed by atoms with van der Waals surface area (Å²) in [6.45, 7) is 0.298. The van der Waals surface area contributed by atoms with Gasteiger partial charge in [0, 0.05) is 0 Å². The molecule has 0 heterocycles. The van der Waals surface area contributed by atoms with Gasteiger partial charge in [0.2, 0.25) is 0 Å². The van der Waals surface area contributed by atoms with Gasteiger partial charge in [0.1, 0.15) is 0 Å². The fourth-order valence-electron chi connectivity index (χ4n) is 4.02. The number of benzene rings is 4. The quantitative estimate of drug-likeness (QED) is 0.273. The van der Waals surface area contributed by atoms with Gasteiger partial charge >= 0.3 is 190 Å². The summed E-state index contributed by atoms with van der Waals surface area (Å²) in [6.07, 6.45) is 2.24. The van der Waals surface area contributed by atoms with Gasteiger partial charge in [-0.05, 0) is 0 Å². The number of carbonyl (C=O) groups is 1. The summed E-state index contributed by atoms with van der Waals surface area (Å²) >= 11 is 0. The van der Waals surface area contributed by atoms with Crippen molar-refractivity contribution in [2.24, 2.45) is 0 Å². The second kappa shape index (κ2) is 10.7. The van der Waals surface area contributed by atoms with Crippen LogP contribution in [0.4, 0.5) is 0 Å². The summed E-state index contributed by atoms with van der Waals surface area (Å²) in [5, 5.41) is 3.85. The molecule has 0 saturated carbocycles. The summed E-state index contributed by atoms with van der Waals surface area (Å²) in [6, 6.07) is 41.6. The second-order valence-electron chi connectivity index (χ2n) is 7.66. The molecule has 32 heavy (non-hydrogen) atoms. The van der Waals surface area contributed by atoms with Crippen molar-refractivity contribution in [2.75, 3.05) is 0 Å². The Morgan fingerprint density at radius 1 is 0.625 bits per heavy atom. The number of rotatable bonds is 8. The normalized spacial score (nSPS) is 11.9. The van der Waals surface area contributed by atoms with Crippen LogP contribution < -0.4 is 15.9 Å². The van der Waals surface area contributed by atoms with E-state index in [-0.39, 0.29) is 12.4 Å². The molecule has 0 aliphatic rings. The van der Waals surface area contributed by atoms with E-state index in [9.17, 15) is 4.79 Å². The zero-order valence-electron chi connectivity index (χ0n) is 17.9. The third-order valence-corrected chi connectivity index (χ3v) is 10.1. The van der Waals surface area contributed by atoms with Crippen molar-refractivity contribution >= 4 is 29.1 Å². The minimum absolute atomic E-state index is 0.220. The molecule has 0 radical (unpaired) electrons. The first kappa shape index (κ1) is 21.7. The molecule has 0 N–H and O–H groups in total. The molecule has 0 amide bonds. The minimum atomic E-state index is -2.47. The average Bonchev–Trinajstić information content (AvgIpc) is 2.88. The van der Waals surface area contributed by atoms with E-state index in [2.05, 4.69) is 78.6 Å². The van der Waals surface area contributed by atoms with Crippen LogP contribution in [0.3, 0.4) is 0 Å². The van der Waals surface area contributed by atoms with Gasteiger partial charge in [0.15, 0.2) is 0 Å².